The predicted octanol–water partition coefficient (Wildman–Crippen LogP) is 3.06. The zero-order valence-electron chi connectivity index (χ0n) is 20.0. The minimum Gasteiger partial charge on any atom is -0.619 e. The molecule has 12 heteroatoms. The molecule has 37 heavy (non-hydrogen) atoms. The molecule has 2 N–H and O–H groups in total. The number of aliphatic hydroxyl groups excluding tert-OH is 1. The third-order valence-corrected chi connectivity index (χ3v) is 6.42. The lowest BCUT2D eigenvalue weighted by Gasteiger charge is -2.18. The van der Waals surface area contributed by atoms with Crippen LogP contribution in [0.2, 0.25) is 0 Å². The van der Waals surface area contributed by atoms with Crippen LogP contribution in [0, 0.1) is 12.1 Å². The molecule has 2 aromatic carbocycles. The van der Waals surface area contributed by atoms with Crippen LogP contribution in [0.4, 0.5) is 5.82 Å². The highest BCUT2D eigenvalue weighted by molar-refractivity contribution is 7.92. The van der Waals surface area contributed by atoms with Crippen LogP contribution in [-0.2, 0) is 10.0 Å². The highest BCUT2D eigenvalue weighted by atomic mass is 32.2. The first kappa shape index (κ1) is 25.7. The molecule has 4 aromatic rings. The summed E-state index contributed by atoms with van der Waals surface area (Å²) in [6.07, 6.45) is 2.50. The molecule has 0 atom stereocenters. The molecule has 4 rings (SSSR count). The van der Waals surface area contributed by atoms with E-state index in [9.17, 15) is 18.7 Å². The Hall–Kier alpha value is -4.42. The second-order valence-corrected chi connectivity index (χ2v) is 9.40. The first-order valence-electron chi connectivity index (χ1n) is 11.1. The number of aromatic nitrogens is 3. The smallest absolute Gasteiger partial charge is 0.263 e. The SMILES string of the molecule is COc1ccccc1Oc1c(NS(=O)(=O)c2ccc(C)cc2)nc(-c2cc[n+]([O-])cc2)nc1OCCO. The normalized spacial score (nSPS) is 11.1. The molecule has 0 bridgehead atoms. The molecule has 0 saturated heterocycles. The average molecular weight is 525 g/mol. The third-order valence-electron chi connectivity index (χ3n) is 5.07. The van der Waals surface area contributed by atoms with E-state index in [-0.39, 0.29) is 47.1 Å². The van der Waals surface area contributed by atoms with E-state index in [1.165, 1.54) is 43.8 Å². The van der Waals surface area contributed by atoms with E-state index in [4.69, 9.17) is 14.2 Å². The van der Waals surface area contributed by atoms with Gasteiger partial charge >= 0.3 is 0 Å². The monoisotopic (exact) mass is 524 g/mol. The van der Waals surface area contributed by atoms with Crippen molar-refractivity contribution in [2.24, 2.45) is 0 Å². The van der Waals surface area contributed by atoms with Crippen LogP contribution in [0.5, 0.6) is 23.1 Å². The number of benzene rings is 2. The number of nitrogens with zero attached hydrogens (tertiary/aromatic N) is 3. The summed E-state index contributed by atoms with van der Waals surface area (Å²) in [4.78, 5) is 8.79. The van der Waals surface area contributed by atoms with Crippen molar-refractivity contribution in [1.82, 2.24) is 9.97 Å². The maximum atomic E-state index is 13.3. The van der Waals surface area contributed by atoms with Crippen molar-refractivity contribution in [2.45, 2.75) is 11.8 Å². The van der Waals surface area contributed by atoms with Crippen LogP contribution >= 0.6 is 0 Å². The maximum Gasteiger partial charge on any atom is 0.263 e. The summed E-state index contributed by atoms with van der Waals surface area (Å²) in [7, 11) is -2.65. The van der Waals surface area contributed by atoms with Crippen LogP contribution in [0.15, 0.2) is 78.0 Å². The summed E-state index contributed by atoms with van der Waals surface area (Å²) >= 11 is 0. The fourth-order valence-corrected chi connectivity index (χ4v) is 4.24. The zero-order valence-corrected chi connectivity index (χ0v) is 20.8. The fourth-order valence-electron chi connectivity index (χ4n) is 3.24. The van der Waals surface area contributed by atoms with Crippen LogP contribution in [-0.4, -0.2) is 43.8 Å². The Balaban J connectivity index is 1.89. The number of sulfonamides is 1. The van der Waals surface area contributed by atoms with E-state index in [0.717, 1.165) is 5.56 Å². The van der Waals surface area contributed by atoms with E-state index < -0.39 is 10.0 Å². The molecule has 11 nitrogen and oxygen atoms in total. The van der Waals surface area contributed by atoms with Crippen molar-refractivity contribution in [3.05, 3.63) is 83.8 Å². The van der Waals surface area contributed by atoms with Crippen molar-refractivity contribution >= 4 is 15.8 Å². The van der Waals surface area contributed by atoms with Gasteiger partial charge in [0.25, 0.3) is 15.9 Å². The highest BCUT2D eigenvalue weighted by Crippen LogP contribution is 2.41. The summed E-state index contributed by atoms with van der Waals surface area (Å²) in [5.41, 5.74) is 1.31. The van der Waals surface area contributed by atoms with Crippen molar-refractivity contribution < 1.29 is 32.5 Å². The van der Waals surface area contributed by atoms with Crippen molar-refractivity contribution in [3.63, 3.8) is 0 Å². The average Bonchev–Trinajstić information content (AvgIpc) is 2.89. The summed E-state index contributed by atoms with van der Waals surface area (Å²) in [6.45, 7) is 1.35. The molecule has 0 spiro atoms. The molecule has 0 aliphatic carbocycles. The fraction of sp³-hybridized carbons (Fsp3) is 0.160. The number of aliphatic hydroxyl groups is 1. The zero-order chi connectivity index (χ0) is 26.4. The number of rotatable bonds is 10. The van der Waals surface area contributed by atoms with Gasteiger partial charge in [-0.15, -0.1) is 0 Å². The maximum absolute atomic E-state index is 13.3. The minimum atomic E-state index is -4.11. The minimum absolute atomic E-state index is 0.00596. The number of para-hydroxylation sites is 2. The second kappa shape index (κ2) is 11.1. The Morgan fingerprint density at radius 2 is 1.68 bits per heavy atom. The standard InChI is InChI=1S/C25H24N4O7S/c1-17-7-9-19(10-8-17)37(32,33)28-24-22(36-21-6-4-3-5-20(21)34-2)25(35-16-15-30)27-23(26-24)18-11-13-29(31)14-12-18/h3-14,30H,15-16H2,1-2H3,(H,26,27,28). The number of nitrogens with one attached hydrogen (secondary N) is 1. The van der Waals surface area contributed by atoms with Gasteiger partial charge < -0.3 is 24.5 Å². The molecule has 0 amide bonds. The van der Waals surface area contributed by atoms with Crippen molar-refractivity contribution in [1.29, 1.82) is 0 Å². The number of methoxy groups -OCH3 is 1. The van der Waals surface area contributed by atoms with Crippen LogP contribution in [0.1, 0.15) is 5.56 Å². The van der Waals surface area contributed by atoms with Crippen LogP contribution < -0.4 is 23.7 Å². The lowest BCUT2D eigenvalue weighted by atomic mass is 10.2. The van der Waals surface area contributed by atoms with Gasteiger partial charge in [-0.1, -0.05) is 29.8 Å². The molecule has 0 fully saturated rings. The highest BCUT2D eigenvalue weighted by Gasteiger charge is 2.25. The molecule has 192 valence electrons. The topological polar surface area (TPSA) is 147 Å². The number of hydrogen-bond acceptors (Lipinski definition) is 9. The predicted molar refractivity (Wildman–Crippen MR) is 134 cm³/mol. The molecular weight excluding hydrogens is 500 g/mol. The van der Waals surface area contributed by atoms with Gasteiger partial charge in [-0.25, -0.2) is 13.4 Å². The molecule has 2 aromatic heterocycles. The van der Waals surface area contributed by atoms with E-state index in [0.29, 0.717) is 16.0 Å². The Morgan fingerprint density at radius 1 is 1.00 bits per heavy atom. The second-order valence-electron chi connectivity index (χ2n) is 7.72. The number of aryl methyl sites for hydroxylation is 1. The first-order chi connectivity index (χ1) is 17.8. The Labute approximate surface area is 213 Å². The molecular formula is C25H24N4O7S. The first-order valence-corrected chi connectivity index (χ1v) is 12.5. The van der Waals surface area contributed by atoms with Gasteiger partial charge in [0.1, 0.15) is 6.61 Å². The van der Waals surface area contributed by atoms with Crippen molar-refractivity contribution in [3.8, 4) is 34.5 Å². The van der Waals surface area contributed by atoms with Gasteiger partial charge in [0.15, 0.2) is 35.5 Å². The largest absolute Gasteiger partial charge is 0.619 e. The Morgan fingerprint density at radius 3 is 2.32 bits per heavy atom. The van der Waals surface area contributed by atoms with Gasteiger partial charge in [0, 0.05) is 17.7 Å². The third kappa shape index (κ3) is 6.05. The Bertz CT molecular complexity index is 1480. The summed E-state index contributed by atoms with van der Waals surface area (Å²) in [6, 6.07) is 15.9. The number of anilines is 1. The lowest BCUT2D eigenvalue weighted by Crippen LogP contribution is -2.23. The van der Waals surface area contributed by atoms with Gasteiger partial charge in [0.2, 0.25) is 5.75 Å². The lowest BCUT2D eigenvalue weighted by molar-refractivity contribution is -0.605. The van der Waals surface area contributed by atoms with E-state index in [2.05, 4.69) is 14.7 Å². The summed E-state index contributed by atoms with van der Waals surface area (Å²) in [5.74, 6) is 0.177. The Kier molecular flexibility index (Phi) is 7.70. The van der Waals surface area contributed by atoms with E-state index in [1.54, 1.807) is 36.4 Å². The number of hydrogen-bond donors (Lipinski definition) is 2. The molecule has 0 aliphatic rings. The molecule has 0 saturated carbocycles. The molecule has 0 aliphatic heterocycles. The van der Waals surface area contributed by atoms with Gasteiger partial charge in [-0.05, 0) is 31.2 Å². The quantitative estimate of drug-likeness (QED) is 0.236. The van der Waals surface area contributed by atoms with E-state index >= 15 is 0 Å². The number of pyridine rings is 1. The van der Waals surface area contributed by atoms with Gasteiger partial charge in [-0.3, -0.25) is 4.72 Å². The van der Waals surface area contributed by atoms with E-state index in [1.807, 2.05) is 6.92 Å². The van der Waals surface area contributed by atoms with Crippen LogP contribution in [0.25, 0.3) is 11.4 Å². The number of ether oxygens (including phenoxy) is 3. The molecule has 0 unspecified atom stereocenters. The summed E-state index contributed by atoms with van der Waals surface area (Å²) in [5, 5.41) is 20.9. The van der Waals surface area contributed by atoms with Gasteiger partial charge in [-0.2, -0.15) is 9.71 Å². The summed E-state index contributed by atoms with van der Waals surface area (Å²) < 4.78 is 46.6. The van der Waals surface area contributed by atoms with Crippen LogP contribution in [0.3, 0.4) is 0 Å². The van der Waals surface area contributed by atoms with Gasteiger partial charge in [0.05, 0.1) is 18.6 Å². The molecule has 0 radical (unpaired) electrons. The van der Waals surface area contributed by atoms with Crippen molar-refractivity contribution in [2.75, 3.05) is 25.0 Å². The molecule has 2 heterocycles.